The van der Waals surface area contributed by atoms with Crippen molar-refractivity contribution in [2.45, 2.75) is 36.2 Å². The van der Waals surface area contributed by atoms with E-state index >= 15 is 0 Å². The lowest BCUT2D eigenvalue weighted by Crippen LogP contribution is -2.00. The fourth-order valence-electron chi connectivity index (χ4n) is 1.68. The molecule has 6 heteroatoms. The van der Waals surface area contributed by atoms with Crippen molar-refractivity contribution in [2.75, 3.05) is 5.75 Å². The maximum atomic E-state index is 4.47. The van der Waals surface area contributed by atoms with Crippen molar-refractivity contribution in [2.24, 2.45) is 0 Å². The van der Waals surface area contributed by atoms with Crippen molar-refractivity contribution in [1.82, 2.24) is 19.6 Å². The van der Waals surface area contributed by atoms with Gasteiger partial charge in [-0.05, 0) is 32.8 Å². The Morgan fingerprint density at radius 2 is 2.18 bits per heavy atom. The van der Waals surface area contributed by atoms with Gasteiger partial charge < -0.3 is 0 Å². The van der Waals surface area contributed by atoms with Crippen LogP contribution in [0.4, 0.5) is 0 Å². The molecular formula is C11H13BrN4S. The van der Waals surface area contributed by atoms with Gasteiger partial charge in [0.05, 0.1) is 0 Å². The number of aromatic nitrogens is 4. The summed E-state index contributed by atoms with van der Waals surface area (Å²) in [6.45, 7) is 4.00. The number of nitrogens with zero attached hydrogens (tertiary/aromatic N) is 4. The van der Waals surface area contributed by atoms with Crippen LogP contribution < -0.4 is 0 Å². The fourth-order valence-corrected chi connectivity index (χ4v) is 3.19. The van der Waals surface area contributed by atoms with Crippen molar-refractivity contribution in [1.29, 1.82) is 0 Å². The van der Waals surface area contributed by atoms with Gasteiger partial charge in [0, 0.05) is 21.5 Å². The van der Waals surface area contributed by atoms with Crippen LogP contribution in [-0.2, 0) is 0 Å². The van der Waals surface area contributed by atoms with E-state index in [2.05, 4.69) is 31.0 Å². The van der Waals surface area contributed by atoms with E-state index in [-0.39, 0.29) is 0 Å². The highest BCUT2D eigenvalue weighted by atomic mass is 79.9. The second kappa shape index (κ2) is 3.95. The Balaban J connectivity index is 1.88. The third-order valence-electron chi connectivity index (χ3n) is 2.85. The quantitative estimate of drug-likeness (QED) is 0.645. The molecule has 2 heterocycles. The van der Waals surface area contributed by atoms with Crippen LogP contribution >= 0.6 is 27.7 Å². The van der Waals surface area contributed by atoms with Gasteiger partial charge in [0.15, 0.2) is 0 Å². The Kier molecular flexibility index (Phi) is 2.66. The van der Waals surface area contributed by atoms with E-state index in [0.717, 1.165) is 22.3 Å². The molecule has 0 bridgehead atoms. The lowest BCUT2D eigenvalue weighted by atomic mass is 10.4. The van der Waals surface area contributed by atoms with Crippen molar-refractivity contribution < 1.29 is 0 Å². The molecule has 17 heavy (non-hydrogen) atoms. The van der Waals surface area contributed by atoms with Crippen LogP contribution in [0.2, 0.25) is 0 Å². The Bertz CT molecular complexity index is 576. The van der Waals surface area contributed by atoms with Crippen LogP contribution in [0.5, 0.6) is 0 Å². The highest BCUT2D eigenvalue weighted by Crippen LogP contribution is 2.47. The van der Waals surface area contributed by atoms with Gasteiger partial charge in [-0.3, -0.25) is 0 Å². The van der Waals surface area contributed by atoms with E-state index in [4.69, 9.17) is 0 Å². The number of hydrogen-bond donors (Lipinski definition) is 0. The van der Waals surface area contributed by atoms with E-state index in [1.807, 2.05) is 24.4 Å². The summed E-state index contributed by atoms with van der Waals surface area (Å²) < 4.78 is 2.15. The SMILES string of the molecule is Cc1cc(C)n2nc(SCC3(Br)CC3)nc2n1. The third-order valence-corrected chi connectivity index (χ3v) is 5.42. The third kappa shape index (κ3) is 2.33. The number of aryl methyl sites for hydroxylation is 2. The monoisotopic (exact) mass is 312 g/mol. The molecule has 0 aliphatic heterocycles. The zero-order valence-electron chi connectivity index (χ0n) is 9.77. The number of rotatable bonds is 3. The molecule has 2 aromatic heterocycles. The van der Waals surface area contributed by atoms with Crippen molar-refractivity contribution in [3.05, 3.63) is 17.5 Å². The first kappa shape index (κ1) is 11.5. The largest absolute Gasteiger partial charge is 0.253 e. The summed E-state index contributed by atoms with van der Waals surface area (Å²) in [6, 6.07) is 2.02. The van der Waals surface area contributed by atoms with Gasteiger partial charge in [-0.25, -0.2) is 9.50 Å². The minimum atomic E-state index is 0.341. The minimum absolute atomic E-state index is 0.341. The molecule has 1 saturated carbocycles. The molecule has 0 radical (unpaired) electrons. The maximum absolute atomic E-state index is 4.47. The number of alkyl halides is 1. The van der Waals surface area contributed by atoms with Crippen molar-refractivity contribution in [3.8, 4) is 0 Å². The van der Waals surface area contributed by atoms with Gasteiger partial charge in [0.2, 0.25) is 5.16 Å². The Morgan fingerprint density at radius 1 is 1.41 bits per heavy atom. The molecule has 3 rings (SSSR count). The van der Waals surface area contributed by atoms with E-state index in [1.165, 1.54) is 12.8 Å². The number of fused-ring (bicyclic) bond motifs is 1. The summed E-state index contributed by atoms with van der Waals surface area (Å²) in [5.74, 6) is 1.73. The highest BCUT2D eigenvalue weighted by Gasteiger charge is 2.39. The number of thioether (sulfide) groups is 1. The van der Waals surface area contributed by atoms with Gasteiger partial charge in [-0.15, -0.1) is 5.10 Å². The van der Waals surface area contributed by atoms with E-state index < -0.39 is 0 Å². The zero-order chi connectivity index (χ0) is 12.0. The topological polar surface area (TPSA) is 43.1 Å². The predicted octanol–water partition coefficient (Wildman–Crippen LogP) is 2.76. The first-order valence-corrected chi connectivity index (χ1v) is 7.36. The Hall–Kier alpha value is -0.620. The van der Waals surface area contributed by atoms with Gasteiger partial charge in [-0.1, -0.05) is 27.7 Å². The molecule has 0 unspecified atom stereocenters. The van der Waals surface area contributed by atoms with Crippen LogP contribution in [0, 0.1) is 13.8 Å². The molecule has 90 valence electrons. The second-order valence-electron chi connectivity index (χ2n) is 4.58. The molecule has 2 aromatic rings. The Labute approximate surface area is 112 Å². The lowest BCUT2D eigenvalue weighted by molar-refractivity contribution is 0.842. The van der Waals surface area contributed by atoms with Gasteiger partial charge in [0.25, 0.3) is 5.78 Å². The molecular weight excluding hydrogens is 300 g/mol. The van der Waals surface area contributed by atoms with Crippen LogP contribution in [0.15, 0.2) is 11.2 Å². The number of hydrogen-bond acceptors (Lipinski definition) is 4. The Morgan fingerprint density at radius 3 is 2.88 bits per heavy atom. The molecule has 4 nitrogen and oxygen atoms in total. The lowest BCUT2D eigenvalue weighted by Gasteiger charge is -2.01. The maximum Gasteiger partial charge on any atom is 0.253 e. The summed E-state index contributed by atoms with van der Waals surface area (Å²) in [7, 11) is 0. The van der Waals surface area contributed by atoms with Crippen LogP contribution in [0.1, 0.15) is 24.2 Å². The zero-order valence-corrected chi connectivity index (χ0v) is 12.2. The molecule has 0 aromatic carbocycles. The van der Waals surface area contributed by atoms with Crippen molar-refractivity contribution in [3.63, 3.8) is 0 Å². The van der Waals surface area contributed by atoms with E-state index in [9.17, 15) is 0 Å². The second-order valence-corrected chi connectivity index (χ2v) is 7.21. The van der Waals surface area contributed by atoms with Crippen LogP contribution in [0.3, 0.4) is 0 Å². The van der Waals surface area contributed by atoms with E-state index in [0.29, 0.717) is 10.1 Å². The molecule has 0 saturated heterocycles. The average molecular weight is 313 g/mol. The first-order valence-electron chi connectivity index (χ1n) is 5.59. The van der Waals surface area contributed by atoms with E-state index in [1.54, 1.807) is 11.8 Å². The highest BCUT2D eigenvalue weighted by molar-refractivity contribution is 9.10. The number of halogens is 1. The van der Waals surface area contributed by atoms with Crippen LogP contribution in [-0.4, -0.2) is 29.7 Å². The molecule has 1 fully saturated rings. The average Bonchev–Trinajstić information content (AvgIpc) is 2.85. The smallest absolute Gasteiger partial charge is 0.216 e. The first-order chi connectivity index (χ1) is 8.06. The summed E-state index contributed by atoms with van der Waals surface area (Å²) in [5, 5.41) is 5.29. The normalized spacial score (nSPS) is 17.6. The summed E-state index contributed by atoms with van der Waals surface area (Å²) >= 11 is 5.42. The fraction of sp³-hybridized carbons (Fsp3) is 0.545. The predicted molar refractivity (Wildman–Crippen MR) is 71.9 cm³/mol. The van der Waals surface area contributed by atoms with Crippen LogP contribution in [0.25, 0.3) is 5.78 Å². The van der Waals surface area contributed by atoms with Gasteiger partial charge in [-0.2, -0.15) is 4.98 Å². The molecule has 0 amide bonds. The molecule has 1 aliphatic rings. The summed E-state index contributed by atoms with van der Waals surface area (Å²) in [6.07, 6.45) is 2.51. The molecule has 0 N–H and O–H groups in total. The summed E-state index contributed by atoms with van der Waals surface area (Å²) in [4.78, 5) is 8.83. The van der Waals surface area contributed by atoms with Gasteiger partial charge >= 0.3 is 0 Å². The molecule has 0 atom stereocenters. The molecule has 1 aliphatic carbocycles. The van der Waals surface area contributed by atoms with Gasteiger partial charge in [0.1, 0.15) is 0 Å². The summed E-state index contributed by atoms with van der Waals surface area (Å²) in [5.41, 5.74) is 2.06. The minimum Gasteiger partial charge on any atom is -0.216 e. The molecule has 0 spiro atoms. The standard InChI is InChI=1S/C11H13BrN4S/c1-7-5-8(2)16-9(13-7)14-10(15-16)17-6-11(12)3-4-11/h5H,3-4,6H2,1-2H3. The van der Waals surface area contributed by atoms with Crippen molar-refractivity contribution >= 4 is 33.5 Å².